The van der Waals surface area contributed by atoms with Gasteiger partial charge in [-0.1, -0.05) is 24.3 Å². The van der Waals surface area contributed by atoms with Crippen LogP contribution in [0.5, 0.6) is 0 Å². The summed E-state index contributed by atoms with van der Waals surface area (Å²) in [4.78, 5) is 82.7. The number of carbonyl (C=O) groups excluding carboxylic acids is 6. The highest BCUT2D eigenvalue weighted by molar-refractivity contribution is 6.09. The first-order valence-electron chi connectivity index (χ1n) is 13.0. The van der Waals surface area contributed by atoms with Crippen LogP contribution in [0, 0.1) is 47.3 Å². The van der Waals surface area contributed by atoms with E-state index in [2.05, 4.69) is 0 Å². The van der Waals surface area contributed by atoms with Crippen molar-refractivity contribution in [3.05, 3.63) is 24.3 Å². The highest BCUT2D eigenvalue weighted by Gasteiger charge is 2.60. The lowest BCUT2D eigenvalue weighted by Crippen LogP contribution is -2.55. The van der Waals surface area contributed by atoms with Crippen molar-refractivity contribution >= 4 is 35.4 Å². The maximum Gasteiger partial charge on any atom is 0.242 e. The van der Waals surface area contributed by atoms with Crippen molar-refractivity contribution in [1.29, 1.82) is 0 Å². The van der Waals surface area contributed by atoms with Gasteiger partial charge in [0.25, 0.3) is 0 Å². The normalized spacial score (nSPS) is 39.8. The lowest BCUT2D eigenvalue weighted by atomic mass is 9.85. The molecule has 6 amide bonds. The zero-order valence-electron chi connectivity index (χ0n) is 19.8. The Bertz CT molecular complexity index is 1020. The quantitative estimate of drug-likeness (QED) is 0.378. The van der Waals surface area contributed by atoms with Crippen molar-refractivity contribution in [3.8, 4) is 0 Å². The largest absolute Gasteiger partial charge is 0.338 e. The first-order valence-corrected chi connectivity index (χ1v) is 13.0. The molecule has 7 aliphatic rings. The van der Waals surface area contributed by atoms with Crippen LogP contribution in [0.1, 0.15) is 12.8 Å². The number of allylic oxidation sites excluding steroid dienone is 4. The predicted octanol–water partition coefficient (Wildman–Crippen LogP) is -0.729. The van der Waals surface area contributed by atoms with Crippen LogP contribution in [0.15, 0.2) is 24.3 Å². The van der Waals surface area contributed by atoms with Gasteiger partial charge in [0, 0.05) is 26.2 Å². The Morgan fingerprint density at radius 2 is 0.833 bits per heavy atom. The Balaban J connectivity index is 0.931. The highest BCUT2D eigenvalue weighted by Crippen LogP contribution is 2.53. The van der Waals surface area contributed by atoms with E-state index in [0.29, 0.717) is 0 Å². The molecule has 0 aromatic heterocycles. The summed E-state index contributed by atoms with van der Waals surface area (Å²) in [7, 11) is 0. The monoisotopic (exact) mass is 492 g/mol. The number of rotatable bonds is 4. The van der Waals surface area contributed by atoms with Gasteiger partial charge in [-0.15, -0.1) is 0 Å². The molecule has 0 aromatic rings. The maximum absolute atomic E-state index is 12.9. The van der Waals surface area contributed by atoms with Crippen molar-refractivity contribution in [1.82, 2.24) is 19.6 Å². The van der Waals surface area contributed by atoms with Gasteiger partial charge in [-0.3, -0.25) is 38.6 Å². The second kappa shape index (κ2) is 7.60. The lowest BCUT2D eigenvalue weighted by molar-refractivity contribution is -0.150. The molecule has 188 valence electrons. The molecule has 0 N–H and O–H groups in total. The Labute approximate surface area is 207 Å². The molecule has 3 heterocycles. The van der Waals surface area contributed by atoms with Gasteiger partial charge >= 0.3 is 0 Å². The smallest absolute Gasteiger partial charge is 0.242 e. The molecule has 8 atom stereocenters. The minimum absolute atomic E-state index is 0.103. The standard InChI is InChI=1S/C26H28N4O6/c31-17(11-29-23(33)19-13-1-2-14(9-13)20(19)24(29)34)27-5-7-28(8-6-27)18(32)12-30-25(35)21-15-3-4-16(10-15)22(21)26(30)36/h1-4,13-16,19-22H,5-12H2/t13-,14-,15-,16+,19-,20+,21-,22+/m0/s1. The van der Waals surface area contributed by atoms with Crippen LogP contribution in [0.4, 0.5) is 0 Å². The Morgan fingerprint density at radius 3 is 1.11 bits per heavy atom. The Hall–Kier alpha value is -3.30. The summed E-state index contributed by atoms with van der Waals surface area (Å²) in [5.41, 5.74) is 0. The van der Waals surface area contributed by atoms with E-state index in [1.807, 2.05) is 24.3 Å². The number of piperazine rings is 1. The van der Waals surface area contributed by atoms with Gasteiger partial charge in [-0.05, 0) is 36.5 Å². The molecular formula is C26H28N4O6. The van der Waals surface area contributed by atoms with Gasteiger partial charge in [-0.2, -0.15) is 0 Å². The molecule has 10 heteroatoms. The number of hydrogen-bond donors (Lipinski definition) is 0. The Kier molecular flexibility index (Phi) is 4.63. The van der Waals surface area contributed by atoms with Gasteiger partial charge < -0.3 is 9.80 Å². The fraction of sp³-hybridized carbons (Fsp3) is 0.615. The first kappa shape index (κ1) is 21.9. The molecular weight excluding hydrogens is 464 g/mol. The third-order valence-electron chi connectivity index (χ3n) is 9.70. The van der Waals surface area contributed by atoms with Gasteiger partial charge in [0.05, 0.1) is 23.7 Å². The van der Waals surface area contributed by atoms with Crippen LogP contribution in [-0.4, -0.2) is 94.3 Å². The summed E-state index contributed by atoms with van der Waals surface area (Å²) in [5.74, 6) is -2.44. The zero-order valence-corrected chi connectivity index (χ0v) is 19.8. The third kappa shape index (κ3) is 2.90. The van der Waals surface area contributed by atoms with Crippen molar-refractivity contribution in [2.24, 2.45) is 47.3 Å². The van der Waals surface area contributed by atoms with Crippen molar-refractivity contribution in [3.63, 3.8) is 0 Å². The van der Waals surface area contributed by atoms with E-state index < -0.39 is 0 Å². The van der Waals surface area contributed by atoms with Crippen LogP contribution in [-0.2, 0) is 28.8 Å². The van der Waals surface area contributed by atoms with E-state index in [9.17, 15) is 28.8 Å². The molecule has 4 aliphatic carbocycles. The molecule has 36 heavy (non-hydrogen) atoms. The fourth-order valence-corrected chi connectivity index (χ4v) is 7.92. The molecule has 3 saturated heterocycles. The third-order valence-corrected chi connectivity index (χ3v) is 9.70. The van der Waals surface area contributed by atoms with Crippen LogP contribution < -0.4 is 0 Å². The Morgan fingerprint density at radius 1 is 0.556 bits per heavy atom. The molecule has 5 fully saturated rings. The summed E-state index contributed by atoms with van der Waals surface area (Å²) in [5, 5.41) is 0. The highest BCUT2D eigenvalue weighted by atomic mass is 16.2. The van der Waals surface area contributed by atoms with Gasteiger partial charge in [-0.25, -0.2) is 0 Å². The van der Waals surface area contributed by atoms with Crippen LogP contribution >= 0.6 is 0 Å². The second-order valence-electron chi connectivity index (χ2n) is 11.3. The van der Waals surface area contributed by atoms with Crippen LogP contribution in [0.25, 0.3) is 0 Å². The summed E-state index contributed by atoms with van der Waals surface area (Å²) >= 11 is 0. The zero-order chi connectivity index (χ0) is 24.9. The summed E-state index contributed by atoms with van der Waals surface area (Å²) in [6.07, 6.45) is 9.78. The average Bonchev–Trinajstić information content (AvgIpc) is 3.72. The van der Waals surface area contributed by atoms with E-state index in [-0.39, 0.29) is 122 Å². The molecule has 0 radical (unpaired) electrons. The molecule has 4 bridgehead atoms. The fourth-order valence-electron chi connectivity index (χ4n) is 7.92. The van der Waals surface area contributed by atoms with Crippen molar-refractivity contribution in [2.45, 2.75) is 12.8 Å². The number of imide groups is 2. The lowest BCUT2D eigenvalue weighted by Gasteiger charge is -2.36. The molecule has 7 rings (SSSR count). The molecule has 0 unspecified atom stereocenters. The molecule has 0 spiro atoms. The van der Waals surface area contributed by atoms with Crippen molar-refractivity contribution < 1.29 is 28.8 Å². The average molecular weight is 493 g/mol. The summed E-state index contributed by atoms with van der Waals surface area (Å²) in [6.45, 7) is 0.606. The van der Waals surface area contributed by atoms with Gasteiger partial charge in [0.15, 0.2) is 0 Å². The van der Waals surface area contributed by atoms with E-state index in [0.717, 1.165) is 22.6 Å². The molecule has 2 saturated carbocycles. The number of nitrogens with zero attached hydrogens (tertiary/aromatic N) is 4. The predicted molar refractivity (Wildman–Crippen MR) is 122 cm³/mol. The molecule has 10 nitrogen and oxygen atoms in total. The second-order valence-corrected chi connectivity index (χ2v) is 11.3. The maximum atomic E-state index is 12.9. The van der Waals surface area contributed by atoms with Crippen LogP contribution in [0.3, 0.4) is 0 Å². The first-order chi connectivity index (χ1) is 17.3. The number of carbonyl (C=O) groups is 6. The number of hydrogen-bond acceptors (Lipinski definition) is 6. The molecule has 3 aliphatic heterocycles. The van der Waals surface area contributed by atoms with Crippen LogP contribution in [0.2, 0.25) is 0 Å². The van der Waals surface area contributed by atoms with Gasteiger partial charge in [0.1, 0.15) is 13.1 Å². The number of amides is 6. The van der Waals surface area contributed by atoms with E-state index in [1.165, 1.54) is 0 Å². The minimum atomic E-state index is -0.323. The number of fused-ring (bicyclic) bond motifs is 10. The minimum Gasteiger partial charge on any atom is -0.338 e. The molecule has 0 aromatic carbocycles. The van der Waals surface area contributed by atoms with Gasteiger partial charge in [0.2, 0.25) is 35.4 Å². The van der Waals surface area contributed by atoms with E-state index >= 15 is 0 Å². The summed E-state index contributed by atoms with van der Waals surface area (Å²) in [6, 6.07) is 0. The summed E-state index contributed by atoms with van der Waals surface area (Å²) < 4.78 is 0. The van der Waals surface area contributed by atoms with Crippen molar-refractivity contribution in [2.75, 3.05) is 39.3 Å². The SMILES string of the molecule is O=C(CN1C(=O)[C@@H]2[C@H](C1=O)[C@@H]1C=C[C@H]2C1)N1CCN(C(=O)CN2C(=O)[C@@H]3[C@H](C2=O)[C@H]2C=C[C@H]3C2)CC1. The van der Waals surface area contributed by atoms with E-state index in [4.69, 9.17) is 0 Å². The number of likely N-dealkylation sites (tertiary alicyclic amines) is 2. The topological polar surface area (TPSA) is 115 Å². The van der Waals surface area contributed by atoms with E-state index in [1.54, 1.807) is 9.80 Å².